The standard InChI is InChI=1S/C22H23N2S.HI/c1-4-23-18(12-11-17-8-6-7-9-19(17)23)15-22-24(5-2)20-14-16(3)10-13-21(20)25-22;/h6-15H,4-5H2,1-3H3;1H/q+1;/p-1. The van der Waals surface area contributed by atoms with Gasteiger partial charge in [0.2, 0.25) is 11.2 Å². The first-order valence-corrected chi connectivity index (χ1v) is 9.72. The summed E-state index contributed by atoms with van der Waals surface area (Å²) >= 11 is 1.87. The number of benzene rings is 2. The summed E-state index contributed by atoms with van der Waals surface area (Å²) in [6, 6.07) is 19.8. The summed E-state index contributed by atoms with van der Waals surface area (Å²) in [6.07, 6.45) is 2.33. The monoisotopic (exact) mass is 474 g/mol. The van der Waals surface area contributed by atoms with Crippen LogP contribution in [0.3, 0.4) is 0 Å². The van der Waals surface area contributed by atoms with Crippen molar-refractivity contribution >= 4 is 34.4 Å². The molecule has 2 nitrogen and oxygen atoms in total. The van der Waals surface area contributed by atoms with Crippen LogP contribution in [-0.4, -0.2) is 6.54 Å². The first-order valence-electron chi connectivity index (χ1n) is 8.90. The van der Waals surface area contributed by atoms with Gasteiger partial charge < -0.3 is 28.9 Å². The third-order valence-electron chi connectivity index (χ3n) is 4.76. The van der Waals surface area contributed by atoms with Crippen LogP contribution in [-0.2, 0) is 6.54 Å². The molecule has 0 bridgehead atoms. The van der Waals surface area contributed by atoms with Gasteiger partial charge in [0, 0.05) is 35.0 Å². The van der Waals surface area contributed by atoms with Gasteiger partial charge in [-0.1, -0.05) is 30.0 Å². The Balaban J connectivity index is 0.00000196. The largest absolute Gasteiger partial charge is 1.00 e. The Morgan fingerprint density at radius 2 is 1.85 bits per heavy atom. The molecule has 4 rings (SSSR count). The van der Waals surface area contributed by atoms with Crippen LogP contribution in [0.15, 0.2) is 64.5 Å². The van der Waals surface area contributed by atoms with Crippen molar-refractivity contribution in [2.45, 2.75) is 32.2 Å². The summed E-state index contributed by atoms with van der Waals surface area (Å²) in [5.74, 6) is 0. The molecule has 0 atom stereocenters. The molecule has 0 amide bonds. The minimum atomic E-state index is 0. The highest BCUT2D eigenvalue weighted by atomic mass is 127. The summed E-state index contributed by atoms with van der Waals surface area (Å²) in [5.41, 5.74) is 5.20. The fraction of sp³-hybridized carbons (Fsp3) is 0.227. The van der Waals surface area contributed by atoms with Crippen molar-refractivity contribution in [1.29, 1.82) is 0 Å². The van der Waals surface area contributed by atoms with Gasteiger partial charge in [-0.25, -0.2) is 0 Å². The van der Waals surface area contributed by atoms with Crippen LogP contribution in [0.4, 0.5) is 5.69 Å². The number of fused-ring (bicyclic) bond motifs is 2. The molecule has 0 fully saturated rings. The summed E-state index contributed by atoms with van der Waals surface area (Å²) in [5, 5.41) is 2.59. The summed E-state index contributed by atoms with van der Waals surface area (Å²) in [6.45, 7) is 8.54. The maximum Gasteiger partial charge on any atom is 0.212 e. The Morgan fingerprint density at radius 1 is 1.04 bits per heavy atom. The molecule has 0 aliphatic carbocycles. The molecule has 1 aromatic heterocycles. The normalized spacial score (nSPS) is 14.6. The van der Waals surface area contributed by atoms with Crippen LogP contribution >= 0.6 is 11.8 Å². The smallest absolute Gasteiger partial charge is 0.212 e. The van der Waals surface area contributed by atoms with Crippen LogP contribution in [0, 0.1) is 6.92 Å². The number of rotatable bonds is 3. The predicted octanol–water partition coefficient (Wildman–Crippen LogP) is 2.39. The van der Waals surface area contributed by atoms with Crippen molar-refractivity contribution in [3.8, 4) is 0 Å². The molecular weight excluding hydrogens is 451 g/mol. The zero-order valence-electron chi connectivity index (χ0n) is 15.4. The van der Waals surface area contributed by atoms with Gasteiger partial charge in [0.15, 0.2) is 0 Å². The van der Waals surface area contributed by atoms with Gasteiger partial charge in [-0.05, 0) is 50.6 Å². The number of aryl methyl sites for hydroxylation is 2. The molecule has 0 saturated carbocycles. The van der Waals surface area contributed by atoms with Crippen LogP contribution in [0.25, 0.3) is 17.0 Å². The molecule has 0 spiro atoms. The minimum absolute atomic E-state index is 0. The van der Waals surface area contributed by atoms with Gasteiger partial charge in [-0.2, -0.15) is 4.57 Å². The van der Waals surface area contributed by atoms with E-state index in [0.29, 0.717) is 0 Å². The second-order valence-electron chi connectivity index (χ2n) is 6.36. The second-order valence-corrected chi connectivity index (χ2v) is 7.42. The lowest BCUT2D eigenvalue weighted by atomic mass is 10.2. The van der Waals surface area contributed by atoms with Crippen molar-refractivity contribution < 1.29 is 28.5 Å². The quantitative estimate of drug-likeness (QED) is 0.425. The zero-order chi connectivity index (χ0) is 17.4. The molecule has 1 aliphatic heterocycles. The molecule has 2 heterocycles. The summed E-state index contributed by atoms with van der Waals surface area (Å²) < 4.78 is 2.39. The first-order chi connectivity index (χ1) is 12.2. The van der Waals surface area contributed by atoms with Crippen molar-refractivity contribution in [3.63, 3.8) is 0 Å². The second kappa shape index (κ2) is 8.01. The Labute approximate surface area is 176 Å². The zero-order valence-corrected chi connectivity index (χ0v) is 18.3. The summed E-state index contributed by atoms with van der Waals surface area (Å²) in [4.78, 5) is 3.77. The molecule has 4 heteroatoms. The highest BCUT2D eigenvalue weighted by Gasteiger charge is 2.25. The van der Waals surface area contributed by atoms with E-state index >= 15 is 0 Å². The number of anilines is 1. The van der Waals surface area contributed by atoms with Crippen LogP contribution in [0.2, 0.25) is 0 Å². The van der Waals surface area contributed by atoms with Gasteiger partial charge in [-0.15, -0.1) is 0 Å². The summed E-state index contributed by atoms with van der Waals surface area (Å²) in [7, 11) is 0. The molecule has 0 N–H and O–H groups in total. The Kier molecular flexibility index (Phi) is 5.92. The highest BCUT2D eigenvalue weighted by molar-refractivity contribution is 8.03. The lowest BCUT2D eigenvalue weighted by molar-refractivity contribution is -0.669. The topological polar surface area (TPSA) is 7.12 Å². The van der Waals surface area contributed by atoms with E-state index in [1.165, 1.54) is 37.8 Å². The molecule has 0 saturated heterocycles. The van der Waals surface area contributed by atoms with Gasteiger partial charge in [-0.3, -0.25) is 0 Å². The molecule has 0 radical (unpaired) electrons. The van der Waals surface area contributed by atoms with Gasteiger partial charge in [0.1, 0.15) is 6.54 Å². The fourth-order valence-electron chi connectivity index (χ4n) is 3.53. The van der Waals surface area contributed by atoms with Crippen LogP contribution in [0.5, 0.6) is 0 Å². The predicted molar refractivity (Wildman–Crippen MR) is 108 cm³/mol. The molecule has 134 valence electrons. The number of hydrogen-bond acceptors (Lipinski definition) is 2. The number of pyridine rings is 1. The average molecular weight is 474 g/mol. The first kappa shape index (κ1) is 19.2. The molecule has 0 unspecified atom stereocenters. The van der Waals surface area contributed by atoms with Crippen molar-refractivity contribution in [2.75, 3.05) is 11.4 Å². The third-order valence-corrected chi connectivity index (χ3v) is 5.87. The van der Waals surface area contributed by atoms with Crippen molar-refractivity contribution in [2.24, 2.45) is 0 Å². The molecule has 26 heavy (non-hydrogen) atoms. The van der Waals surface area contributed by atoms with Gasteiger partial charge in [0.25, 0.3) is 0 Å². The third kappa shape index (κ3) is 3.37. The minimum Gasteiger partial charge on any atom is -1.00 e. The SMILES string of the molecule is CCN1C(=Cc2ccc3ccccc3[n+]2CC)Sc2ccc(C)cc21.[I-]. The average Bonchev–Trinajstić information content (AvgIpc) is 2.97. The van der Waals surface area contributed by atoms with E-state index in [4.69, 9.17) is 0 Å². The molecule has 2 aromatic carbocycles. The van der Waals surface area contributed by atoms with Crippen molar-refractivity contribution in [3.05, 3.63) is 70.9 Å². The number of halogens is 1. The highest BCUT2D eigenvalue weighted by Crippen LogP contribution is 2.46. The van der Waals surface area contributed by atoms with E-state index in [1.54, 1.807) is 0 Å². The van der Waals surface area contributed by atoms with Gasteiger partial charge >= 0.3 is 0 Å². The van der Waals surface area contributed by atoms with Gasteiger partial charge in [0.05, 0.1) is 10.7 Å². The Morgan fingerprint density at radius 3 is 2.62 bits per heavy atom. The number of hydrogen-bond donors (Lipinski definition) is 0. The number of para-hydroxylation sites is 1. The van der Waals surface area contributed by atoms with E-state index < -0.39 is 0 Å². The van der Waals surface area contributed by atoms with E-state index in [2.05, 4.69) is 90.9 Å². The van der Waals surface area contributed by atoms with E-state index in [1.807, 2.05) is 11.8 Å². The maximum atomic E-state index is 2.42. The fourth-order valence-corrected chi connectivity index (χ4v) is 4.68. The van der Waals surface area contributed by atoms with E-state index in [9.17, 15) is 0 Å². The lowest BCUT2D eigenvalue weighted by Gasteiger charge is -2.18. The van der Waals surface area contributed by atoms with Crippen molar-refractivity contribution in [1.82, 2.24) is 0 Å². The number of thioether (sulfide) groups is 1. The van der Waals surface area contributed by atoms with E-state index in [-0.39, 0.29) is 24.0 Å². The number of nitrogens with zero attached hydrogens (tertiary/aromatic N) is 2. The van der Waals surface area contributed by atoms with Crippen LogP contribution in [0.1, 0.15) is 25.1 Å². The molecule has 3 aromatic rings. The van der Waals surface area contributed by atoms with Crippen LogP contribution < -0.4 is 33.4 Å². The maximum absolute atomic E-state index is 2.42. The molecule has 1 aliphatic rings. The lowest BCUT2D eigenvalue weighted by Crippen LogP contribution is -3.00. The molecular formula is C22H23IN2S. The van der Waals surface area contributed by atoms with E-state index in [0.717, 1.165) is 13.1 Å². The Hall–Kier alpha value is -1.53. The Bertz CT molecular complexity index is 981. The number of aromatic nitrogens is 1.